The van der Waals surface area contributed by atoms with Crippen molar-refractivity contribution in [3.8, 4) is 0 Å². The quantitative estimate of drug-likeness (QED) is 0.745. The van der Waals surface area contributed by atoms with E-state index in [0.717, 1.165) is 24.6 Å². The molecule has 2 aromatic rings. The van der Waals surface area contributed by atoms with Crippen LogP contribution in [0, 0.1) is 11.6 Å². The molecule has 1 saturated heterocycles. The average Bonchev–Trinajstić information content (AvgIpc) is 2.60. The second-order valence-corrected chi connectivity index (χ2v) is 6.37. The monoisotopic (exact) mass is 345 g/mol. The van der Waals surface area contributed by atoms with Gasteiger partial charge < -0.3 is 16.4 Å². The first-order chi connectivity index (χ1) is 12.0. The highest BCUT2D eigenvalue weighted by Gasteiger charge is 2.28. The van der Waals surface area contributed by atoms with E-state index in [1.165, 1.54) is 6.07 Å². The van der Waals surface area contributed by atoms with Crippen LogP contribution in [0.4, 0.5) is 14.5 Å². The Kier molecular flexibility index (Phi) is 5.28. The lowest BCUT2D eigenvalue weighted by Gasteiger charge is -2.33. The molecule has 25 heavy (non-hydrogen) atoms. The second kappa shape index (κ2) is 7.61. The fourth-order valence-electron chi connectivity index (χ4n) is 3.23. The second-order valence-electron chi connectivity index (χ2n) is 6.37. The molecule has 1 aliphatic rings. The molecule has 0 aliphatic carbocycles. The highest BCUT2D eigenvalue weighted by Crippen LogP contribution is 2.27. The van der Waals surface area contributed by atoms with E-state index in [1.807, 2.05) is 12.1 Å². The van der Waals surface area contributed by atoms with Crippen LogP contribution in [0.3, 0.4) is 0 Å². The van der Waals surface area contributed by atoms with E-state index < -0.39 is 11.6 Å². The molecule has 1 heterocycles. The number of anilines is 1. The molecule has 4 N–H and O–H groups in total. The van der Waals surface area contributed by atoms with E-state index in [4.69, 9.17) is 5.73 Å². The molecule has 6 heteroatoms. The maximum absolute atomic E-state index is 13.6. The van der Waals surface area contributed by atoms with E-state index in [9.17, 15) is 13.6 Å². The summed E-state index contributed by atoms with van der Waals surface area (Å²) in [6.07, 6.45) is 0.999. The Morgan fingerprint density at radius 2 is 1.92 bits per heavy atom. The first kappa shape index (κ1) is 17.4. The molecular weight excluding hydrogens is 324 g/mol. The molecule has 0 saturated carbocycles. The molecular formula is C19H21F2N3O. The standard InChI is InChI=1S/C19H21F2N3O/c20-16-6-3-13(10-17(16)21)15-7-8-23-11-18(15)24-19(25)9-12-1-4-14(22)5-2-12/h1-6,10,15,18,23H,7-9,11,22H2,(H,24,25). The van der Waals surface area contributed by atoms with Crippen molar-refractivity contribution in [1.29, 1.82) is 0 Å². The normalized spacial score (nSPS) is 20.2. The SMILES string of the molecule is Nc1ccc(CC(=O)NC2CNCCC2c2ccc(F)c(F)c2)cc1. The minimum Gasteiger partial charge on any atom is -0.399 e. The van der Waals surface area contributed by atoms with Crippen molar-refractivity contribution >= 4 is 11.6 Å². The highest BCUT2D eigenvalue weighted by molar-refractivity contribution is 5.79. The largest absolute Gasteiger partial charge is 0.399 e. The van der Waals surface area contributed by atoms with Gasteiger partial charge in [0, 0.05) is 24.2 Å². The fourth-order valence-corrected chi connectivity index (χ4v) is 3.23. The smallest absolute Gasteiger partial charge is 0.224 e. The van der Waals surface area contributed by atoms with Crippen LogP contribution in [0.1, 0.15) is 23.5 Å². The number of nitrogens with two attached hydrogens (primary N) is 1. The van der Waals surface area contributed by atoms with Gasteiger partial charge in [-0.1, -0.05) is 18.2 Å². The van der Waals surface area contributed by atoms with Crippen molar-refractivity contribution in [3.05, 3.63) is 65.2 Å². The number of benzene rings is 2. The van der Waals surface area contributed by atoms with Crippen LogP contribution in [-0.2, 0) is 11.2 Å². The van der Waals surface area contributed by atoms with E-state index in [-0.39, 0.29) is 24.3 Å². The molecule has 3 rings (SSSR count). The highest BCUT2D eigenvalue weighted by atomic mass is 19.2. The molecule has 4 nitrogen and oxygen atoms in total. The summed E-state index contributed by atoms with van der Waals surface area (Å²) < 4.78 is 26.7. The number of piperidine rings is 1. The first-order valence-corrected chi connectivity index (χ1v) is 8.32. The predicted molar refractivity (Wildman–Crippen MR) is 93.1 cm³/mol. The van der Waals surface area contributed by atoms with Crippen LogP contribution < -0.4 is 16.4 Å². The van der Waals surface area contributed by atoms with Gasteiger partial charge in [0.05, 0.1) is 6.42 Å². The Balaban J connectivity index is 1.69. The number of hydrogen-bond acceptors (Lipinski definition) is 3. The van der Waals surface area contributed by atoms with Crippen LogP contribution in [0.15, 0.2) is 42.5 Å². The summed E-state index contributed by atoms with van der Waals surface area (Å²) in [5.41, 5.74) is 7.88. The van der Waals surface area contributed by atoms with Gasteiger partial charge in [0.1, 0.15) is 0 Å². The van der Waals surface area contributed by atoms with Crippen molar-refractivity contribution < 1.29 is 13.6 Å². The summed E-state index contributed by atoms with van der Waals surface area (Å²) in [6, 6.07) is 10.9. The van der Waals surface area contributed by atoms with Crippen molar-refractivity contribution in [3.63, 3.8) is 0 Å². The first-order valence-electron chi connectivity index (χ1n) is 8.32. The van der Waals surface area contributed by atoms with E-state index in [0.29, 0.717) is 17.8 Å². The van der Waals surface area contributed by atoms with Crippen molar-refractivity contribution in [2.24, 2.45) is 0 Å². The summed E-state index contributed by atoms with van der Waals surface area (Å²) in [4.78, 5) is 12.4. The number of rotatable bonds is 4. The zero-order valence-corrected chi connectivity index (χ0v) is 13.8. The van der Waals surface area contributed by atoms with E-state index in [2.05, 4.69) is 10.6 Å². The zero-order chi connectivity index (χ0) is 17.8. The van der Waals surface area contributed by atoms with Gasteiger partial charge in [0.2, 0.25) is 5.91 Å². The summed E-state index contributed by atoms with van der Waals surface area (Å²) in [7, 11) is 0. The third kappa shape index (κ3) is 4.33. The Hall–Kier alpha value is -2.47. The lowest BCUT2D eigenvalue weighted by Crippen LogP contribution is -2.50. The van der Waals surface area contributed by atoms with Gasteiger partial charge in [0.15, 0.2) is 11.6 Å². The molecule has 132 valence electrons. The van der Waals surface area contributed by atoms with Gasteiger partial charge in [-0.3, -0.25) is 4.79 Å². The minimum absolute atomic E-state index is 0.0493. The van der Waals surface area contributed by atoms with Gasteiger partial charge in [-0.2, -0.15) is 0 Å². The minimum atomic E-state index is -0.860. The molecule has 0 bridgehead atoms. The van der Waals surface area contributed by atoms with E-state index >= 15 is 0 Å². The number of halogens is 2. The van der Waals surface area contributed by atoms with Crippen molar-refractivity contribution in [2.75, 3.05) is 18.8 Å². The molecule has 2 aromatic carbocycles. The van der Waals surface area contributed by atoms with Crippen molar-refractivity contribution in [2.45, 2.75) is 24.8 Å². The summed E-state index contributed by atoms with van der Waals surface area (Å²) >= 11 is 0. The number of hydrogen-bond donors (Lipinski definition) is 3. The lowest BCUT2D eigenvalue weighted by molar-refractivity contribution is -0.121. The molecule has 0 aromatic heterocycles. The van der Waals surface area contributed by atoms with Gasteiger partial charge in [-0.05, 0) is 48.4 Å². The number of amides is 1. The summed E-state index contributed by atoms with van der Waals surface area (Å²) in [5, 5.41) is 6.25. The van der Waals surface area contributed by atoms with Gasteiger partial charge in [-0.15, -0.1) is 0 Å². The Labute approximate surface area is 145 Å². The molecule has 0 radical (unpaired) electrons. The van der Waals surface area contributed by atoms with E-state index in [1.54, 1.807) is 18.2 Å². The van der Waals surface area contributed by atoms with Gasteiger partial charge >= 0.3 is 0 Å². The van der Waals surface area contributed by atoms with Crippen LogP contribution >= 0.6 is 0 Å². The number of nitrogens with one attached hydrogen (secondary N) is 2. The topological polar surface area (TPSA) is 67.2 Å². The summed E-state index contributed by atoms with van der Waals surface area (Å²) in [6.45, 7) is 1.37. The van der Waals surface area contributed by atoms with Gasteiger partial charge in [0.25, 0.3) is 0 Å². The average molecular weight is 345 g/mol. The van der Waals surface area contributed by atoms with Gasteiger partial charge in [-0.25, -0.2) is 8.78 Å². The maximum atomic E-state index is 13.6. The molecule has 1 amide bonds. The number of nitrogen functional groups attached to an aromatic ring is 1. The number of carbonyl (C=O) groups excluding carboxylic acids is 1. The Morgan fingerprint density at radius 3 is 2.64 bits per heavy atom. The molecule has 1 aliphatic heterocycles. The van der Waals surface area contributed by atoms with Crippen LogP contribution in [0.25, 0.3) is 0 Å². The third-order valence-corrected chi connectivity index (χ3v) is 4.54. The summed E-state index contributed by atoms with van der Waals surface area (Å²) in [5.74, 6) is -1.87. The third-order valence-electron chi connectivity index (χ3n) is 4.54. The maximum Gasteiger partial charge on any atom is 0.224 e. The molecule has 0 spiro atoms. The van der Waals surface area contributed by atoms with Crippen molar-refractivity contribution in [1.82, 2.24) is 10.6 Å². The van der Waals surface area contributed by atoms with Crippen LogP contribution in [-0.4, -0.2) is 25.0 Å². The molecule has 2 unspecified atom stereocenters. The lowest BCUT2D eigenvalue weighted by atomic mass is 9.86. The Morgan fingerprint density at radius 1 is 1.16 bits per heavy atom. The molecule has 1 fully saturated rings. The van der Waals surface area contributed by atoms with Crippen LogP contribution in [0.5, 0.6) is 0 Å². The van der Waals surface area contributed by atoms with Crippen LogP contribution in [0.2, 0.25) is 0 Å². The Bertz CT molecular complexity index is 749. The number of carbonyl (C=O) groups is 1. The predicted octanol–water partition coefficient (Wildman–Crippen LogP) is 2.35. The zero-order valence-electron chi connectivity index (χ0n) is 13.8. The fraction of sp³-hybridized carbons (Fsp3) is 0.316. The molecule has 2 atom stereocenters.